The first-order valence-electron chi connectivity index (χ1n) is 13.4. The van der Waals surface area contributed by atoms with Crippen molar-refractivity contribution < 1.29 is 27.6 Å². The smallest absolute Gasteiger partial charge is 0.351 e. The Labute approximate surface area is 241 Å². The molecule has 2 aromatic carbocycles. The summed E-state index contributed by atoms with van der Waals surface area (Å²) in [5.41, 5.74) is -0.638. The van der Waals surface area contributed by atoms with Crippen LogP contribution in [-0.4, -0.2) is 28.7 Å². The Balaban J connectivity index is 1.63. The fourth-order valence-corrected chi connectivity index (χ4v) is 4.97. The van der Waals surface area contributed by atoms with Crippen molar-refractivity contribution in [2.75, 3.05) is 10.2 Å². The second kappa shape index (κ2) is 13.6. The van der Waals surface area contributed by atoms with E-state index in [1.807, 2.05) is 0 Å². The molecule has 1 fully saturated rings. The number of hydrogen-bond acceptors (Lipinski definition) is 4. The molecule has 0 aliphatic heterocycles. The topological polar surface area (TPSA) is 91.4 Å². The number of alkyl halides is 3. The predicted octanol–water partition coefficient (Wildman–Crippen LogP) is 6.70. The van der Waals surface area contributed by atoms with E-state index < -0.39 is 29.6 Å². The number of nitrogens with one attached hydrogen (secondary N) is 2. The molecule has 4 rings (SSSR count). The third kappa shape index (κ3) is 8.29. The van der Waals surface area contributed by atoms with Gasteiger partial charge in [-0.15, -0.1) is 0 Å². The van der Waals surface area contributed by atoms with Gasteiger partial charge in [0.25, 0.3) is 0 Å². The third-order valence-corrected chi connectivity index (χ3v) is 7.09. The molecular formula is C30H30ClF3N4O3. The summed E-state index contributed by atoms with van der Waals surface area (Å²) >= 11 is 6.07. The van der Waals surface area contributed by atoms with Gasteiger partial charge in [0.15, 0.2) is 0 Å². The highest BCUT2D eigenvalue weighted by atomic mass is 35.5. The lowest BCUT2D eigenvalue weighted by Gasteiger charge is -2.33. The van der Waals surface area contributed by atoms with Crippen molar-refractivity contribution >= 4 is 40.8 Å². The average Bonchev–Trinajstić information content (AvgIpc) is 3.45. The third-order valence-electron chi connectivity index (χ3n) is 6.84. The summed E-state index contributed by atoms with van der Waals surface area (Å²) in [6.07, 6.45) is 0.219. The molecule has 0 bridgehead atoms. The molecule has 3 aromatic rings. The highest BCUT2D eigenvalue weighted by Crippen LogP contribution is 2.35. The summed E-state index contributed by atoms with van der Waals surface area (Å²) in [7, 11) is 0. The summed E-state index contributed by atoms with van der Waals surface area (Å²) < 4.78 is 41.0. The molecule has 2 N–H and O–H groups in total. The van der Waals surface area contributed by atoms with Crippen LogP contribution >= 0.6 is 11.6 Å². The Hall–Kier alpha value is -3.92. The largest absolute Gasteiger partial charge is 0.416 e. The van der Waals surface area contributed by atoms with Gasteiger partial charge < -0.3 is 10.6 Å². The van der Waals surface area contributed by atoms with E-state index in [1.165, 1.54) is 18.3 Å². The molecule has 1 atom stereocenters. The molecule has 3 amide bonds. The van der Waals surface area contributed by atoms with E-state index in [9.17, 15) is 27.6 Å². The molecule has 0 saturated heterocycles. The maximum absolute atomic E-state index is 13.8. The Kier molecular flexibility index (Phi) is 9.99. The van der Waals surface area contributed by atoms with Crippen molar-refractivity contribution in [2.45, 2.75) is 63.2 Å². The van der Waals surface area contributed by atoms with Crippen LogP contribution in [0.4, 0.5) is 24.7 Å². The minimum atomic E-state index is -4.66. The van der Waals surface area contributed by atoms with Gasteiger partial charge in [0.2, 0.25) is 17.7 Å². The number of rotatable bonds is 10. The van der Waals surface area contributed by atoms with Crippen LogP contribution < -0.4 is 15.5 Å². The quantitative estimate of drug-likeness (QED) is 0.277. The van der Waals surface area contributed by atoms with E-state index in [-0.39, 0.29) is 36.9 Å². The van der Waals surface area contributed by atoms with Crippen molar-refractivity contribution in [1.29, 1.82) is 0 Å². The van der Waals surface area contributed by atoms with Gasteiger partial charge in [0.05, 0.1) is 5.56 Å². The van der Waals surface area contributed by atoms with E-state index in [0.29, 0.717) is 16.4 Å². The molecule has 1 aromatic heterocycles. The van der Waals surface area contributed by atoms with E-state index in [1.54, 1.807) is 42.5 Å². The van der Waals surface area contributed by atoms with Crippen molar-refractivity contribution in [2.24, 2.45) is 0 Å². The van der Waals surface area contributed by atoms with Gasteiger partial charge in [0.1, 0.15) is 11.9 Å². The number of aromatic nitrogens is 1. The minimum absolute atomic E-state index is 0.0291. The first-order chi connectivity index (χ1) is 19.6. The van der Waals surface area contributed by atoms with Crippen LogP contribution in [0.2, 0.25) is 5.02 Å². The highest BCUT2D eigenvalue weighted by Gasteiger charge is 2.36. The molecule has 41 heavy (non-hydrogen) atoms. The fraction of sp³-hybridized carbons (Fsp3) is 0.333. The summed E-state index contributed by atoms with van der Waals surface area (Å²) in [6, 6.07) is 14.3. The van der Waals surface area contributed by atoms with Gasteiger partial charge in [-0.2, -0.15) is 13.2 Å². The van der Waals surface area contributed by atoms with Crippen molar-refractivity contribution in [3.8, 4) is 0 Å². The average molecular weight is 587 g/mol. The standard InChI is InChI=1S/C30H30ClF3N4O3/c31-22-16-14-20(15-17-22)28(29(41)36-23-8-1-2-9-23)38(24-10-5-7-21(19-24)30(32,33)34)27(40)13-6-12-26(39)37-25-11-3-4-18-35-25/h3-5,7,10-11,14-19,23,28H,1-2,6,8-9,12-13H2,(H,36,41)(H,35,37,39). The maximum Gasteiger partial charge on any atom is 0.416 e. The van der Waals surface area contributed by atoms with E-state index in [4.69, 9.17) is 11.6 Å². The van der Waals surface area contributed by atoms with Gasteiger partial charge in [-0.3, -0.25) is 19.3 Å². The molecule has 1 saturated carbocycles. The van der Waals surface area contributed by atoms with Gasteiger partial charge in [-0.1, -0.05) is 48.7 Å². The van der Waals surface area contributed by atoms with Gasteiger partial charge >= 0.3 is 6.18 Å². The Morgan fingerprint density at radius 2 is 1.71 bits per heavy atom. The summed E-state index contributed by atoms with van der Waals surface area (Å²) in [6.45, 7) is 0. The van der Waals surface area contributed by atoms with Crippen LogP contribution in [0.25, 0.3) is 0 Å². The maximum atomic E-state index is 13.8. The van der Waals surface area contributed by atoms with Crippen LogP contribution in [-0.2, 0) is 20.6 Å². The molecule has 1 heterocycles. The van der Waals surface area contributed by atoms with Crippen molar-refractivity contribution in [1.82, 2.24) is 10.3 Å². The molecule has 216 valence electrons. The Morgan fingerprint density at radius 1 is 0.976 bits per heavy atom. The number of carbonyl (C=O) groups excluding carboxylic acids is 3. The number of halogens is 4. The molecule has 1 aliphatic rings. The second-order valence-corrected chi connectivity index (χ2v) is 10.3. The molecule has 1 aliphatic carbocycles. The van der Waals surface area contributed by atoms with Gasteiger partial charge in [-0.05, 0) is 67.3 Å². The fourth-order valence-electron chi connectivity index (χ4n) is 4.84. The number of benzene rings is 2. The monoisotopic (exact) mass is 586 g/mol. The lowest BCUT2D eigenvalue weighted by Crippen LogP contribution is -2.46. The van der Waals surface area contributed by atoms with Crippen LogP contribution in [0.1, 0.15) is 62.1 Å². The first kappa shape index (κ1) is 30.0. The number of pyridine rings is 1. The van der Waals surface area contributed by atoms with Gasteiger partial charge in [-0.25, -0.2) is 4.98 Å². The predicted molar refractivity (Wildman–Crippen MR) is 150 cm³/mol. The minimum Gasteiger partial charge on any atom is -0.351 e. The zero-order chi connectivity index (χ0) is 29.4. The second-order valence-electron chi connectivity index (χ2n) is 9.87. The number of anilines is 2. The van der Waals surface area contributed by atoms with Crippen molar-refractivity contribution in [3.63, 3.8) is 0 Å². The number of amides is 3. The number of carbonyl (C=O) groups is 3. The zero-order valence-corrected chi connectivity index (χ0v) is 22.9. The van der Waals surface area contributed by atoms with Crippen LogP contribution in [0.5, 0.6) is 0 Å². The molecule has 0 spiro atoms. The summed E-state index contributed by atoms with van der Waals surface area (Å²) in [5.74, 6) is -1.11. The normalized spacial score (nSPS) is 14.3. The molecule has 11 heteroatoms. The van der Waals surface area contributed by atoms with E-state index >= 15 is 0 Å². The number of hydrogen-bond donors (Lipinski definition) is 2. The Morgan fingerprint density at radius 3 is 2.37 bits per heavy atom. The zero-order valence-electron chi connectivity index (χ0n) is 22.2. The van der Waals surface area contributed by atoms with Crippen LogP contribution in [0.3, 0.4) is 0 Å². The molecule has 7 nitrogen and oxygen atoms in total. The summed E-state index contributed by atoms with van der Waals surface area (Å²) in [5, 5.41) is 6.02. The van der Waals surface area contributed by atoms with Crippen molar-refractivity contribution in [3.05, 3.63) is 89.1 Å². The lowest BCUT2D eigenvalue weighted by molar-refractivity contribution is -0.137. The SMILES string of the molecule is O=C(CCCC(=O)N(c1cccc(C(F)(F)F)c1)C(C(=O)NC1CCCC1)c1ccc(Cl)cc1)Nc1ccccn1. The molecule has 1 unspecified atom stereocenters. The molecule has 0 radical (unpaired) electrons. The van der Waals surface area contributed by atoms with E-state index in [2.05, 4.69) is 15.6 Å². The lowest BCUT2D eigenvalue weighted by atomic mass is 10.0. The highest BCUT2D eigenvalue weighted by molar-refractivity contribution is 6.30. The van der Waals surface area contributed by atoms with Crippen LogP contribution in [0.15, 0.2) is 72.9 Å². The first-order valence-corrected chi connectivity index (χ1v) is 13.8. The van der Waals surface area contributed by atoms with Crippen LogP contribution in [0, 0.1) is 0 Å². The molecular weight excluding hydrogens is 557 g/mol. The summed E-state index contributed by atoms with van der Waals surface area (Å²) in [4.78, 5) is 45.0. The number of nitrogens with zero attached hydrogens (tertiary/aromatic N) is 2. The Bertz CT molecular complexity index is 1350. The van der Waals surface area contributed by atoms with E-state index in [0.717, 1.165) is 42.7 Å². The van der Waals surface area contributed by atoms with Gasteiger partial charge in [0, 0.05) is 35.8 Å².